The molecule has 1 aromatic heterocycles. The molecule has 2 N–H and O–H groups in total. The number of halogens is 3. The predicted molar refractivity (Wildman–Crippen MR) is 56.3 cm³/mol. The normalized spacial score (nSPS) is 22.2. The Labute approximate surface area is 97.2 Å². The lowest BCUT2D eigenvalue weighted by Gasteiger charge is -2.18. The van der Waals surface area contributed by atoms with Crippen molar-refractivity contribution in [1.29, 1.82) is 0 Å². The molecule has 2 rings (SSSR count). The Hall–Kier alpha value is -1.08. The number of nitrogens with zero attached hydrogens (tertiary/aromatic N) is 2. The van der Waals surface area contributed by atoms with E-state index < -0.39 is 12.7 Å². The molecule has 1 unspecified atom stereocenters. The SMILES string of the molecule is FC(F)(F)CN1CCC(NCc2ncc[nH]2)C1. The molecule has 1 aliphatic rings. The number of alkyl halides is 3. The smallest absolute Gasteiger partial charge is 0.348 e. The third-order valence-electron chi connectivity index (χ3n) is 2.79. The van der Waals surface area contributed by atoms with Crippen LogP contribution in [-0.2, 0) is 6.54 Å². The molecule has 0 bridgehead atoms. The molecule has 7 heteroatoms. The fraction of sp³-hybridized carbons (Fsp3) is 0.700. The number of aromatic amines is 1. The van der Waals surface area contributed by atoms with Gasteiger partial charge in [-0.15, -0.1) is 0 Å². The minimum atomic E-state index is -4.10. The number of H-pyrrole nitrogens is 1. The van der Waals surface area contributed by atoms with Gasteiger partial charge < -0.3 is 10.3 Å². The highest BCUT2D eigenvalue weighted by molar-refractivity contribution is 4.89. The Bertz CT molecular complexity index is 336. The molecular formula is C10H15F3N4. The van der Waals surface area contributed by atoms with E-state index in [2.05, 4.69) is 15.3 Å². The molecule has 0 amide bonds. The first-order valence-corrected chi connectivity index (χ1v) is 5.54. The van der Waals surface area contributed by atoms with Crippen molar-refractivity contribution in [3.05, 3.63) is 18.2 Å². The van der Waals surface area contributed by atoms with Crippen molar-refractivity contribution >= 4 is 0 Å². The van der Waals surface area contributed by atoms with E-state index in [1.165, 1.54) is 4.90 Å². The average Bonchev–Trinajstić information content (AvgIpc) is 2.82. The van der Waals surface area contributed by atoms with Crippen LogP contribution < -0.4 is 5.32 Å². The highest BCUT2D eigenvalue weighted by atomic mass is 19.4. The van der Waals surface area contributed by atoms with Gasteiger partial charge in [0.15, 0.2) is 0 Å². The van der Waals surface area contributed by atoms with Gasteiger partial charge in [0.25, 0.3) is 0 Å². The number of aromatic nitrogens is 2. The molecule has 1 aromatic rings. The quantitative estimate of drug-likeness (QED) is 0.839. The predicted octanol–water partition coefficient (Wildman–Crippen LogP) is 1.14. The molecule has 1 atom stereocenters. The van der Waals surface area contributed by atoms with Gasteiger partial charge in [0.1, 0.15) is 5.82 Å². The summed E-state index contributed by atoms with van der Waals surface area (Å²) >= 11 is 0. The van der Waals surface area contributed by atoms with Gasteiger partial charge in [-0.25, -0.2) is 4.98 Å². The van der Waals surface area contributed by atoms with E-state index in [0.717, 1.165) is 12.2 Å². The lowest BCUT2D eigenvalue weighted by atomic mass is 10.2. The van der Waals surface area contributed by atoms with Crippen LogP contribution in [0.5, 0.6) is 0 Å². The van der Waals surface area contributed by atoms with Crippen molar-refractivity contribution < 1.29 is 13.2 Å². The third-order valence-corrected chi connectivity index (χ3v) is 2.79. The number of rotatable bonds is 4. The van der Waals surface area contributed by atoms with Crippen LogP contribution in [0.15, 0.2) is 12.4 Å². The summed E-state index contributed by atoms with van der Waals surface area (Å²) in [5.41, 5.74) is 0. The molecule has 0 aliphatic carbocycles. The van der Waals surface area contributed by atoms with Crippen molar-refractivity contribution in [3.63, 3.8) is 0 Å². The van der Waals surface area contributed by atoms with Crippen molar-refractivity contribution in [2.45, 2.75) is 25.2 Å². The molecule has 4 nitrogen and oxygen atoms in total. The summed E-state index contributed by atoms with van der Waals surface area (Å²) in [5.74, 6) is 0.805. The summed E-state index contributed by atoms with van der Waals surface area (Å²) in [6.45, 7) is 0.693. The number of likely N-dealkylation sites (tertiary alicyclic amines) is 1. The van der Waals surface area contributed by atoms with Crippen LogP contribution in [0.2, 0.25) is 0 Å². The fourth-order valence-electron chi connectivity index (χ4n) is 2.03. The second kappa shape index (κ2) is 5.05. The largest absolute Gasteiger partial charge is 0.401 e. The number of hydrogen-bond acceptors (Lipinski definition) is 3. The topological polar surface area (TPSA) is 44.0 Å². The molecule has 17 heavy (non-hydrogen) atoms. The first-order valence-electron chi connectivity index (χ1n) is 5.54. The number of imidazole rings is 1. The van der Waals surface area contributed by atoms with Crippen LogP contribution >= 0.6 is 0 Å². The van der Waals surface area contributed by atoms with Crippen molar-refractivity contribution in [1.82, 2.24) is 20.2 Å². The van der Waals surface area contributed by atoms with Gasteiger partial charge in [-0.3, -0.25) is 4.90 Å². The van der Waals surface area contributed by atoms with E-state index in [9.17, 15) is 13.2 Å². The minimum Gasteiger partial charge on any atom is -0.348 e. The first kappa shape index (κ1) is 12.4. The Morgan fingerprint density at radius 1 is 1.53 bits per heavy atom. The summed E-state index contributed by atoms with van der Waals surface area (Å²) in [6.07, 6.45) is 0.0237. The van der Waals surface area contributed by atoms with Crippen LogP contribution in [0, 0.1) is 0 Å². The van der Waals surface area contributed by atoms with Crippen LogP contribution in [0.4, 0.5) is 13.2 Å². The maximum atomic E-state index is 12.2. The lowest BCUT2D eigenvalue weighted by Crippen LogP contribution is -2.36. The van der Waals surface area contributed by atoms with Crippen LogP contribution in [-0.4, -0.2) is 46.7 Å². The van der Waals surface area contributed by atoms with Gasteiger partial charge >= 0.3 is 6.18 Å². The van der Waals surface area contributed by atoms with Gasteiger partial charge in [-0.2, -0.15) is 13.2 Å². The van der Waals surface area contributed by atoms with Gasteiger partial charge in [-0.05, 0) is 6.42 Å². The Morgan fingerprint density at radius 2 is 2.35 bits per heavy atom. The Kier molecular flexibility index (Phi) is 3.68. The molecule has 1 aliphatic heterocycles. The van der Waals surface area contributed by atoms with Crippen molar-refractivity contribution in [2.24, 2.45) is 0 Å². The zero-order valence-corrected chi connectivity index (χ0v) is 9.30. The van der Waals surface area contributed by atoms with Gasteiger partial charge in [0.05, 0.1) is 13.1 Å². The second-order valence-corrected chi connectivity index (χ2v) is 4.25. The van der Waals surface area contributed by atoms with Crippen molar-refractivity contribution in [3.8, 4) is 0 Å². The molecule has 0 spiro atoms. The van der Waals surface area contributed by atoms with Crippen LogP contribution in [0.25, 0.3) is 0 Å². The Morgan fingerprint density at radius 3 is 3.00 bits per heavy atom. The number of nitrogens with one attached hydrogen (secondary N) is 2. The fourth-order valence-corrected chi connectivity index (χ4v) is 2.03. The molecule has 0 radical (unpaired) electrons. The van der Waals surface area contributed by atoms with Gasteiger partial charge in [0.2, 0.25) is 0 Å². The van der Waals surface area contributed by atoms with E-state index >= 15 is 0 Å². The maximum Gasteiger partial charge on any atom is 0.401 e. The first-order chi connectivity index (χ1) is 8.03. The van der Waals surface area contributed by atoms with E-state index in [0.29, 0.717) is 19.6 Å². The van der Waals surface area contributed by atoms with Gasteiger partial charge in [-0.1, -0.05) is 0 Å². The van der Waals surface area contributed by atoms with E-state index in [1.54, 1.807) is 12.4 Å². The monoisotopic (exact) mass is 248 g/mol. The highest BCUT2D eigenvalue weighted by Gasteiger charge is 2.34. The summed E-state index contributed by atoms with van der Waals surface area (Å²) in [4.78, 5) is 8.42. The molecule has 1 fully saturated rings. The van der Waals surface area contributed by atoms with Crippen LogP contribution in [0.1, 0.15) is 12.2 Å². The van der Waals surface area contributed by atoms with Gasteiger partial charge in [0, 0.05) is 31.5 Å². The van der Waals surface area contributed by atoms with E-state index in [4.69, 9.17) is 0 Å². The zero-order chi connectivity index (χ0) is 12.3. The second-order valence-electron chi connectivity index (χ2n) is 4.25. The van der Waals surface area contributed by atoms with Crippen LogP contribution in [0.3, 0.4) is 0 Å². The molecule has 96 valence electrons. The van der Waals surface area contributed by atoms with Crippen molar-refractivity contribution in [2.75, 3.05) is 19.6 Å². The standard InChI is InChI=1S/C10H15F3N4/c11-10(12,13)7-17-4-1-8(6-17)16-5-9-14-2-3-15-9/h2-3,8,16H,1,4-7H2,(H,14,15). The maximum absolute atomic E-state index is 12.2. The molecule has 0 saturated carbocycles. The highest BCUT2D eigenvalue weighted by Crippen LogP contribution is 2.19. The minimum absolute atomic E-state index is 0.113. The molecule has 0 aromatic carbocycles. The molecule has 1 saturated heterocycles. The average molecular weight is 248 g/mol. The summed E-state index contributed by atoms with van der Waals surface area (Å²) in [6, 6.07) is 0.113. The summed E-state index contributed by atoms with van der Waals surface area (Å²) in [5, 5.41) is 3.20. The zero-order valence-electron chi connectivity index (χ0n) is 9.30. The third kappa shape index (κ3) is 4.01. The Balaban J connectivity index is 1.71. The van der Waals surface area contributed by atoms with E-state index in [-0.39, 0.29) is 6.04 Å². The summed E-state index contributed by atoms with van der Waals surface area (Å²) in [7, 11) is 0. The summed E-state index contributed by atoms with van der Waals surface area (Å²) < 4.78 is 36.5. The molecular weight excluding hydrogens is 233 g/mol. The lowest BCUT2D eigenvalue weighted by molar-refractivity contribution is -0.143. The molecule has 2 heterocycles. The number of hydrogen-bond donors (Lipinski definition) is 2. The van der Waals surface area contributed by atoms with E-state index in [1.807, 2.05) is 0 Å².